The molecule has 0 aromatic heterocycles. The maximum absolute atomic E-state index is 13.2. The lowest BCUT2D eigenvalue weighted by Crippen LogP contribution is -2.22. The van der Waals surface area contributed by atoms with E-state index in [4.69, 9.17) is 4.74 Å². The van der Waals surface area contributed by atoms with Crippen LogP contribution >= 0.6 is 0 Å². The Morgan fingerprint density at radius 2 is 1.86 bits per heavy atom. The van der Waals surface area contributed by atoms with Crippen LogP contribution in [0.2, 0.25) is 0 Å². The molecular weight excluding hydrogens is 274 g/mol. The highest BCUT2D eigenvalue weighted by molar-refractivity contribution is 5.88. The van der Waals surface area contributed by atoms with Crippen molar-refractivity contribution < 1.29 is 18.3 Å². The van der Waals surface area contributed by atoms with Crippen LogP contribution in [-0.2, 0) is 11.2 Å². The normalized spacial score (nSPS) is 17.0. The topological polar surface area (TPSA) is 26.3 Å². The standard InChI is InChI=1S/C17H14F2O2/c18-12-7-11(8-13(19)10-12)9-16(20)14-5-6-21-17-4-2-1-3-15(14)17/h1-4,7-8,10,14H,5-6,9H2. The predicted octanol–water partition coefficient (Wildman–Crippen LogP) is 3.64. The zero-order valence-electron chi connectivity index (χ0n) is 11.3. The van der Waals surface area contributed by atoms with Gasteiger partial charge in [0.2, 0.25) is 0 Å². The largest absolute Gasteiger partial charge is 0.493 e. The van der Waals surface area contributed by atoms with Crippen molar-refractivity contribution in [3.63, 3.8) is 0 Å². The van der Waals surface area contributed by atoms with Gasteiger partial charge in [-0.05, 0) is 30.2 Å². The molecule has 21 heavy (non-hydrogen) atoms. The van der Waals surface area contributed by atoms with Crippen molar-refractivity contribution in [3.8, 4) is 5.75 Å². The van der Waals surface area contributed by atoms with Crippen LogP contribution in [0.25, 0.3) is 0 Å². The summed E-state index contributed by atoms with van der Waals surface area (Å²) in [6.07, 6.45) is 0.612. The number of carbonyl (C=O) groups is 1. The Morgan fingerprint density at radius 1 is 1.14 bits per heavy atom. The Bertz CT molecular complexity index is 662. The Balaban J connectivity index is 1.83. The SMILES string of the molecule is O=C(Cc1cc(F)cc(F)c1)C1CCOc2ccccc21. The number of ether oxygens (including phenoxy) is 1. The number of para-hydroxylation sites is 1. The smallest absolute Gasteiger partial charge is 0.144 e. The molecule has 0 saturated carbocycles. The maximum Gasteiger partial charge on any atom is 0.144 e. The first-order valence-corrected chi connectivity index (χ1v) is 6.83. The van der Waals surface area contributed by atoms with Crippen LogP contribution in [-0.4, -0.2) is 12.4 Å². The number of Topliss-reactive ketones (excluding diaryl/α,β-unsaturated/α-hetero) is 1. The molecule has 0 amide bonds. The summed E-state index contributed by atoms with van der Waals surface area (Å²) in [4.78, 5) is 12.5. The molecule has 0 N–H and O–H groups in total. The first-order chi connectivity index (χ1) is 10.1. The highest BCUT2D eigenvalue weighted by Gasteiger charge is 2.27. The fourth-order valence-corrected chi connectivity index (χ4v) is 2.71. The fraction of sp³-hybridized carbons (Fsp3) is 0.235. The number of benzene rings is 2. The summed E-state index contributed by atoms with van der Waals surface area (Å²) in [6.45, 7) is 0.477. The molecule has 1 atom stereocenters. The van der Waals surface area contributed by atoms with Gasteiger partial charge >= 0.3 is 0 Å². The molecule has 0 saturated heterocycles. The van der Waals surface area contributed by atoms with Crippen molar-refractivity contribution in [2.24, 2.45) is 0 Å². The highest BCUT2D eigenvalue weighted by Crippen LogP contribution is 2.34. The van der Waals surface area contributed by atoms with E-state index in [-0.39, 0.29) is 18.1 Å². The van der Waals surface area contributed by atoms with E-state index < -0.39 is 11.6 Å². The quantitative estimate of drug-likeness (QED) is 0.862. The number of hydrogen-bond acceptors (Lipinski definition) is 2. The van der Waals surface area contributed by atoms with E-state index in [1.807, 2.05) is 24.3 Å². The molecule has 1 aliphatic rings. The summed E-state index contributed by atoms with van der Waals surface area (Å²) in [6, 6.07) is 10.6. The van der Waals surface area contributed by atoms with Crippen molar-refractivity contribution >= 4 is 5.78 Å². The Morgan fingerprint density at radius 3 is 2.62 bits per heavy atom. The van der Waals surface area contributed by atoms with Gasteiger partial charge in [-0.1, -0.05) is 18.2 Å². The molecular formula is C17H14F2O2. The van der Waals surface area contributed by atoms with Crippen molar-refractivity contribution in [1.82, 2.24) is 0 Å². The van der Waals surface area contributed by atoms with Gasteiger partial charge in [-0.3, -0.25) is 4.79 Å². The Kier molecular flexibility index (Phi) is 3.69. The van der Waals surface area contributed by atoms with Crippen molar-refractivity contribution in [1.29, 1.82) is 0 Å². The van der Waals surface area contributed by atoms with E-state index in [0.29, 0.717) is 24.3 Å². The maximum atomic E-state index is 13.2. The van der Waals surface area contributed by atoms with E-state index in [0.717, 1.165) is 11.6 Å². The number of halogens is 2. The lowest BCUT2D eigenvalue weighted by atomic mass is 9.87. The second-order valence-electron chi connectivity index (χ2n) is 5.15. The molecule has 2 aromatic rings. The molecule has 0 spiro atoms. The summed E-state index contributed by atoms with van der Waals surface area (Å²) in [5, 5.41) is 0. The minimum absolute atomic E-state index is 0.0215. The van der Waals surface area contributed by atoms with Gasteiger partial charge in [0.1, 0.15) is 23.2 Å². The van der Waals surface area contributed by atoms with E-state index >= 15 is 0 Å². The zero-order valence-corrected chi connectivity index (χ0v) is 11.3. The third-order valence-corrected chi connectivity index (χ3v) is 3.65. The van der Waals surface area contributed by atoms with E-state index in [1.165, 1.54) is 12.1 Å². The van der Waals surface area contributed by atoms with Crippen molar-refractivity contribution in [2.75, 3.05) is 6.61 Å². The fourth-order valence-electron chi connectivity index (χ4n) is 2.71. The number of ketones is 1. The molecule has 2 nitrogen and oxygen atoms in total. The van der Waals surface area contributed by atoms with Gasteiger partial charge in [0.05, 0.1) is 6.61 Å². The summed E-state index contributed by atoms with van der Waals surface area (Å²) < 4.78 is 31.9. The number of rotatable bonds is 3. The summed E-state index contributed by atoms with van der Waals surface area (Å²) in [5.41, 5.74) is 1.21. The average Bonchev–Trinajstić information content (AvgIpc) is 2.45. The molecule has 1 heterocycles. The minimum Gasteiger partial charge on any atom is -0.493 e. The van der Waals surface area contributed by atoms with Gasteiger partial charge in [0, 0.05) is 24.0 Å². The van der Waals surface area contributed by atoms with Crippen LogP contribution in [0.3, 0.4) is 0 Å². The third-order valence-electron chi connectivity index (χ3n) is 3.65. The van der Waals surface area contributed by atoms with Gasteiger partial charge in [0.25, 0.3) is 0 Å². The molecule has 1 unspecified atom stereocenters. The molecule has 0 fully saturated rings. The first-order valence-electron chi connectivity index (χ1n) is 6.83. The van der Waals surface area contributed by atoms with Crippen LogP contribution in [0.5, 0.6) is 5.75 Å². The second kappa shape index (κ2) is 5.64. The minimum atomic E-state index is -0.662. The molecule has 108 valence electrons. The van der Waals surface area contributed by atoms with Crippen LogP contribution in [0.1, 0.15) is 23.5 Å². The molecule has 2 aromatic carbocycles. The van der Waals surface area contributed by atoms with Crippen molar-refractivity contribution in [3.05, 3.63) is 65.2 Å². The third kappa shape index (κ3) is 2.94. The van der Waals surface area contributed by atoms with Gasteiger partial charge in [0.15, 0.2) is 0 Å². The lowest BCUT2D eigenvalue weighted by molar-refractivity contribution is -0.120. The molecule has 4 heteroatoms. The average molecular weight is 288 g/mol. The summed E-state index contributed by atoms with van der Waals surface area (Å²) in [7, 11) is 0. The van der Waals surface area contributed by atoms with Gasteiger partial charge < -0.3 is 4.74 Å². The van der Waals surface area contributed by atoms with Crippen LogP contribution < -0.4 is 4.74 Å². The van der Waals surface area contributed by atoms with Gasteiger partial charge in [-0.15, -0.1) is 0 Å². The van der Waals surface area contributed by atoms with E-state index in [9.17, 15) is 13.6 Å². The monoisotopic (exact) mass is 288 g/mol. The number of fused-ring (bicyclic) bond motifs is 1. The predicted molar refractivity (Wildman–Crippen MR) is 74.4 cm³/mol. The van der Waals surface area contributed by atoms with Crippen LogP contribution in [0.15, 0.2) is 42.5 Å². The summed E-state index contributed by atoms with van der Waals surface area (Å²) in [5.74, 6) is -0.931. The van der Waals surface area contributed by atoms with Crippen LogP contribution in [0, 0.1) is 11.6 Å². The van der Waals surface area contributed by atoms with Gasteiger partial charge in [-0.2, -0.15) is 0 Å². The Labute approximate surface area is 121 Å². The number of hydrogen-bond donors (Lipinski definition) is 0. The first kappa shape index (κ1) is 13.7. The lowest BCUT2D eigenvalue weighted by Gasteiger charge is -2.24. The number of carbonyl (C=O) groups excluding carboxylic acids is 1. The Hall–Kier alpha value is -2.23. The zero-order chi connectivity index (χ0) is 14.8. The molecule has 3 rings (SSSR count). The van der Waals surface area contributed by atoms with E-state index in [2.05, 4.69) is 0 Å². The van der Waals surface area contributed by atoms with E-state index in [1.54, 1.807) is 0 Å². The van der Waals surface area contributed by atoms with Crippen molar-refractivity contribution in [2.45, 2.75) is 18.8 Å². The summed E-state index contributed by atoms with van der Waals surface area (Å²) >= 11 is 0. The second-order valence-corrected chi connectivity index (χ2v) is 5.15. The molecule has 0 bridgehead atoms. The molecule has 0 aliphatic carbocycles. The van der Waals surface area contributed by atoms with Gasteiger partial charge in [-0.25, -0.2) is 8.78 Å². The highest BCUT2D eigenvalue weighted by atomic mass is 19.1. The van der Waals surface area contributed by atoms with Crippen LogP contribution in [0.4, 0.5) is 8.78 Å². The molecule has 1 aliphatic heterocycles. The molecule has 0 radical (unpaired) electrons.